The molecule has 0 spiro atoms. The molecule has 0 rings (SSSR count). The van der Waals surface area contributed by atoms with Gasteiger partial charge in [-0.1, -0.05) is 27.4 Å². The molecule has 0 unspecified atom stereocenters. The summed E-state index contributed by atoms with van der Waals surface area (Å²) in [6, 6.07) is -0.680. The van der Waals surface area contributed by atoms with E-state index in [4.69, 9.17) is 5.73 Å². The van der Waals surface area contributed by atoms with Crippen molar-refractivity contribution < 1.29 is 4.79 Å². The van der Waals surface area contributed by atoms with Crippen molar-refractivity contribution in [2.45, 2.75) is 47.1 Å². The van der Waals surface area contributed by atoms with Crippen LogP contribution in [0, 0.1) is 5.41 Å². The second kappa shape index (κ2) is 4.68. The van der Waals surface area contributed by atoms with E-state index in [1.165, 1.54) is 0 Å². The molecule has 2 amide bonds. The molecule has 0 heterocycles. The Morgan fingerprint density at radius 1 is 1.25 bits per heavy atom. The second-order valence-electron chi connectivity index (χ2n) is 5.75. The SMILES string of the molecule is C=CN(/C(=N\C(N)=O)C(C)(C)C)C(C)(C)C. The predicted octanol–water partition coefficient (Wildman–Crippen LogP) is 2.75. The molecule has 0 aromatic heterocycles. The number of carbonyl (C=O) groups is 1. The average Bonchev–Trinajstić information content (AvgIpc) is 1.98. The summed E-state index contributed by atoms with van der Waals surface area (Å²) in [6.07, 6.45) is 1.67. The lowest BCUT2D eigenvalue weighted by atomic mass is 9.91. The Kier molecular flexibility index (Phi) is 4.29. The summed E-state index contributed by atoms with van der Waals surface area (Å²) >= 11 is 0. The minimum Gasteiger partial charge on any atom is -0.350 e. The third-order valence-corrected chi connectivity index (χ3v) is 2.02. The molecule has 2 N–H and O–H groups in total. The lowest BCUT2D eigenvalue weighted by Crippen LogP contribution is -2.47. The predicted molar refractivity (Wildman–Crippen MR) is 68.3 cm³/mol. The Labute approximate surface area is 98.2 Å². The molecule has 0 aliphatic rings. The van der Waals surface area contributed by atoms with Crippen LogP contribution >= 0.6 is 0 Å². The first-order chi connectivity index (χ1) is 7.00. The van der Waals surface area contributed by atoms with Gasteiger partial charge in [0, 0.05) is 11.0 Å². The van der Waals surface area contributed by atoms with Crippen molar-refractivity contribution in [2.75, 3.05) is 0 Å². The number of hydrogen-bond acceptors (Lipinski definition) is 1. The summed E-state index contributed by atoms with van der Waals surface area (Å²) in [5.41, 5.74) is 4.68. The lowest BCUT2D eigenvalue weighted by Gasteiger charge is -2.39. The van der Waals surface area contributed by atoms with Crippen LogP contribution in [0.15, 0.2) is 17.8 Å². The quantitative estimate of drug-likeness (QED) is 0.551. The summed E-state index contributed by atoms with van der Waals surface area (Å²) in [6.45, 7) is 15.8. The van der Waals surface area contributed by atoms with Gasteiger partial charge in [-0.2, -0.15) is 4.99 Å². The Bertz CT molecular complexity index is 305. The van der Waals surface area contributed by atoms with Crippen LogP contribution in [0.4, 0.5) is 4.79 Å². The van der Waals surface area contributed by atoms with Gasteiger partial charge in [-0.15, -0.1) is 0 Å². The van der Waals surface area contributed by atoms with Gasteiger partial charge in [0.1, 0.15) is 5.84 Å². The van der Waals surface area contributed by atoms with Crippen molar-refractivity contribution in [3.63, 3.8) is 0 Å². The minimum atomic E-state index is -0.680. The van der Waals surface area contributed by atoms with E-state index in [-0.39, 0.29) is 11.0 Å². The van der Waals surface area contributed by atoms with Crippen LogP contribution in [0.25, 0.3) is 0 Å². The molecule has 0 radical (unpaired) electrons. The summed E-state index contributed by atoms with van der Waals surface area (Å²) in [4.78, 5) is 16.7. The van der Waals surface area contributed by atoms with Crippen LogP contribution in [0.5, 0.6) is 0 Å². The van der Waals surface area contributed by atoms with E-state index < -0.39 is 6.03 Å². The number of carbonyl (C=O) groups excluding carboxylic acids is 1. The Hall–Kier alpha value is -1.32. The van der Waals surface area contributed by atoms with Crippen LogP contribution in [-0.2, 0) is 0 Å². The van der Waals surface area contributed by atoms with E-state index in [1.807, 2.05) is 46.4 Å². The fourth-order valence-electron chi connectivity index (χ4n) is 1.37. The number of amidine groups is 1. The molecule has 92 valence electrons. The summed E-state index contributed by atoms with van der Waals surface area (Å²) in [5.74, 6) is 0.627. The molecule has 0 aliphatic carbocycles. The molecule has 4 nitrogen and oxygen atoms in total. The highest BCUT2D eigenvalue weighted by Crippen LogP contribution is 2.25. The average molecular weight is 225 g/mol. The Morgan fingerprint density at radius 2 is 1.69 bits per heavy atom. The molecule has 0 aromatic carbocycles. The molecule has 0 aliphatic heterocycles. The standard InChI is InChI=1S/C12H23N3O/c1-8-15(12(5,6)7)9(11(2,3)4)14-10(13)16/h8H,1H2,2-7H3,(H2,13,16)/b14-9-. The molecule has 4 heteroatoms. The molecule has 0 fully saturated rings. The number of amides is 2. The van der Waals surface area contributed by atoms with Crippen molar-refractivity contribution in [2.24, 2.45) is 16.1 Å². The highest BCUT2D eigenvalue weighted by Gasteiger charge is 2.30. The number of aliphatic imine (C=N–C) groups is 1. The topological polar surface area (TPSA) is 58.7 Å². The first kappa shape index (κ1) is 14.7. The zero-order valence-electron chi connectivity index (χ0n) is 11.2. The van der Waals surface area contributed by atoms with Crippen LogP contribution in [-0.4, -0.2) is 22.3 Å². The number of primary amides is 1. The monoisotopic (exact) mass is 225 g/mol. The molecule has 0 saturated heterocycles. The third kappa shape index (κ3) is 4.04. The first-order valence-electron chi connectivity index (χ1n) is 5.30. The summed E-state index contributed by atoms with van der Waals surface area (Å²) in [5, 5.41) is 0. The van der Waals surface area contributed by atoms with Crippen LogP contribution in [0.1, 0.15) is 41.5 Å². The zero-order chi connectivity index (χ0) is 13.1. The van der Waals surface area contributed by atoms with E-state index in [9.17, 15) is 4.79 Å². The Morgan fingerprint density at radius 3 is 1.88 bits per heavy atom. The van der Waals surface area contributed by atoms with E-state index in [1.54, 1.807) is 6.20 Å². The Balaban J connectivity index is 5.52. The van der Waals surface area contributed by atoms with Gasteiger partial charge in [-0.3, -0.25) is 0 Å². The first-order valence-corrected chi connectivity index (χ1v) is 5.30. The van der Waals surface area contributed by atoms with Crippen LogP contribution in [0.2, 0.25) is 0 Å². The maximum atomic E-state index is 11.0. The largest absolute Gasteiger partial charge is 0.350 e. The molecule has 0 bridgehead atoms. The minimum absolute atomic E-state index is 0.191. The van der Waals surface area contributed by atoms with Crippen LogP contribution in [0.3, 0.4) is 0 Å². The summed E-state index contributed by atoms with van der Waals surface area (Å²) in [7, 11) is 0. The second-order valence-corrected chi connectivity index (χ2v) is 5.75. The number of nitrogens with two attached hydrogens (primary N) is 1. The fourth-order valence-corrected chi connectivity index (χ4v) is 1.37. The lowest BCUT2D eigenvalue weighted by molar-refractivity contribution is 0.253. The van der Waals surface area contributed by atoms with Gasteiger partial charge in [-0.25, -0.2) is 4.79 Å². The smallest absolute Gasteiger partial charge is 0.340 e. The number of hydrogen-bond donors (Lipinski definition) is 1. The van der Waals surface area contributed by atoms with Crippen molar-refractivity contribution in [3.8, 4) is 0 Å². The fraction of sp³-hybridized carbons (Fsp3) is 0.667. The van der Waals surface area contributed by atoms with Gasteiger partial charge in [0.25, 0.3) is 0 Å². The molecule has 0 saturated carbocycles. The van der Waals surface area contributed by atoms with Crippen LogP contribution < -0.4 is 5.73 Å². The van der Waals surface area contributed by atoms with Gasteiger partial charge in [0.15, 0.2) is 0 Å². The van der Waals surface area contributed by atoms with E-state index in [0.29, 0.717) is 5.84 Å². The molecule has 16 heavy (non-hydrogen) atoms. The molecule has 0 aromatic rings. The van der Waals surface area contributed by atoms with Gasteiger partial charge in [0.2, 0.25) is 0 Å². The molecular weight excluding hydrogens is 202 g/mol. The zero-order valence-corrected chi connectivity index (χ0v) is 11.2. The maximum Gasteiger partial charge on any atom is 0.340 e. The van der Waals surface area contributed by atoms with E-state index in [0.717, 1.165) is 0 Å². The van der Waals surface area contributed by atoms with Gasteiger partial charge < -0.3 is 10.6 Å². The number of rotatable bonds is 1. The van der Waals surface area contributed by atoms with Crippen molar-refractivity contribution in [3.05, 3.63) is 12.8 Å². The number of urea groups is 1. The highest BCUT2D eigenvalue weighted by atomic mass is 16.2. The van der Waals surface area contributed by atoms with Crippen molar-refractivity contribution >= 4 is 11.9 Å². The van der Waals surface area contributed by atoms with Gasteiger partial charge >= 0.3 is 6.03 Å². The normalized spacial score (nSPS) is 13.5. The molecular formula is C12H23N3O. The van der Waals surface area contributed by atoms with Gasteiger partial charge in [-0.05, 0) is 27.0 Å². The number of nitrogens with zero attached hydrogens (tertiary/aromatic N) is 2. The van der Waals surface area contributed by atoms with Crippen molar-refractivity contribution in [1.29, 1.82) is 0 Å². The van der Waals surface area contributed by atoms with E-state index >= 15 is 0 Å². The molecule has 0 atom stereocenters. The van der Waals surface area contributed by atoms with E-state index in [2.05, 4.69) is 11.6 Å². The highest BCUT2D eigenvalue weighted by molar-refractivity contribution is 5.97. The van der Waals surface area contributed by atoms with Gasteiger partial charge in [0.05, 0.1) is 0 Å². The van der Waals surface area contributed by atoms with Crippen molar-refractivity contribution in [1.82, 2.24) is 4.90 Å². The third-order valence-electron chi connectivity index (χ3n) is 2.02. The summed E-state index contributed by atoms with van der Waals surface area (Å²) < 4.78 is 0. The maximum absolute atomic E-state index is 11.0.